The van der Waals surface area contributed by atoms with Crippen molar-refractivity contribution < 1.29 is 10.2 Å². The number of rotatable bonds is 31. The lowest BCUT2D eigenvalue weighted by Crippen LogP contribution is -2.45. The standard InChI is InChI=1S/C46H78N4O2/c1-5-7-9-13-23-39(3)25-21-33-49(37-45(51)43(47)35-41-27-15-11-16-28-41)31-19-20-32-50(34-22-26-40(4)24-14-10-8-6-2)38-46(52)44(48)36-42-29-17-12-18-30-42/h11-12,15-18,21-22,25-30,39-40,43-46,51-52H,5-10,13-14,19-20,23-24,31-38,47-48H2,1-4H3. The third-order valence-corrected chi connectivity index (χ3v) is 10.4. The van der Waals surface area contributed by atoms with Gasteiger partial charge in [0.05, 0.1) is 12.2 Å². The van der Waals surface area contributed by atoms with Crippen LogP contribution in [-0.2, 0) is 12.8 Å². The number of hydrogen-bond acceptors (Lipinski definition) is 6. The highest BCUT2D eigenvalue weighted by atomic mass is 16.3. The molecule has 0 heterocycles. The second-order valence-electron chi connectivity index (χ2n) is 15.6. The molecule has 6 heteroatoms. The van der Waals surface area contributed by atoms with Crippen LogP contribution in [0.4, 0.5) is 0 Å². The molecule has 294 valence electrons. The monoisotopic (exact) mass is 719 g/mol. The molecule has 0 saturated heterocycles. The second-order valence-corrected chi connectivity index (χ2v) is 15.6. The predicted octanol–water partition coefficient (Wildman–Crippen LogP) is 8.56. The summed E-state index contributed by atoms with van der Waals surface area (Å²) in [5.74, 6) is 1.12. The van der Waals surface area contributed by atoms with Crippen molar-refractivity contribution >= 4 is 0 Å². The number of aliphatic hydroxyl groups excluding tert-OH is 2. The van der Waals surface area contributed by atoms with Crippen LogP contribution in [0, 0.1) is 11.8 Å². The number of unbranched alkanes of at least 4 members (excludes halogenated alkanes) is 7. The summed E-state index contributed by atoms with van der Waals surface area (Å²) in [6.07, 6.45) is 24.2. The van der Waals surface area contributed by atoms with E-state index in [0.717, 1.165) is 50.1 Å². The third kappa shape index (κ3) is 22.0. The molecule has 0 bridgehead atoms. The third-order valence-electron chi connectivity index (χ3n) is 10.4. The zero-order chi connectivity index (χ0) is 37.8. The first kappa shape index (κ1) is 45.8. The SMILES string of the molecule is CCCCCCC(C)C=CCN(CCCCN(CC=CC(C)CCCCCC)CC(O)C(N)Cc1ccccc1)CC(O)C(N)Cc1ccccc1. The topological polar surface area (TPSA) is 99.0 Å². The molecular weight excluding hydrogens is 641 g/mol. The molecule has 0 amide bonds. The minimum atomic E-state index is -0.605. The van der Waals surface area contributed by atoms with Crippen molar-refractivity contribution in [3.63, 3.8) is 0 Å². The summed E-state index contributed by atoms with van der Waals surface area (Å²) >= 11 is 0. The zero-order valence-corrected chi connectivity index (χ0v) is 33.6. The Bertz CT molecular complexity index is 1070. The van der Waals surface area contributed by atoms with Gasteiger partial charge in [0.25, 0.3) is 0 Å². The van der Waals surface area contributed by atoms with Gasteiger partial charge in [-0.1, -0.05) is 164 Å². The Morgan fingerprint density at radius 2 is 0.942 bits per heavy atom. The average Bonchev–Trinajstić information content (AvgIpc) is 3.14. The smallest absolute Gasteiger partial charge is 0.0821 e. The summed E-state index contributed by atoms with van der Waals surface area (Å²) in [6.45, 7) is 13.7. The van der Waals surface area contributed by atoms with Crippen LogP contribution >= 0.6 is 0 Å². The normalized spacial score (nSPS) is 15.8. The molecule has 0 aliphatic heterocycles. The maximum absolute atomic E-state index is 11.2. The highest BCUT2D eigenvalue weighted by Gasteiger charge is 2.20. The number of aliphatic hydroxyl groups is 2. The first-order valence-corrected chi connectivity index (χ1v) is 20.9. The summed E-state index contributed by atoms with van der Waals surface area (Å²) < 4.78 is 0. The molecule has 2 aromatic carbocycles. The van der Waals surface area contributed by atoms with E-state index in [1.165, 1.54) is 64.2 Å². The van der Waals surface area contributed by atoms with E-state index in [1.807, 2.05) is 36.4 Å². The van der Waals surface area contributed by atoms with Crippen molar-refractivity contribution in [2.45, 2.75) is 142 Å². The van der Waals surface area contributed by atoms with Crippen LogP contribution in [0.5, 0.6) is 0 Å². The molecule has 0 radical (unpaired) electrons. The summed E-state index contributed by atoms with van der Waals surface area (Å²) in [6, 6.07) is 19.8. The van der Waals surface area contributed by atoms with E-state index in [2.05, 4.69) is 86.1 Å². The van der Waals surface area contributed by atoms with Gasteiger partial charge in [0.1, 0.15) is 0 Å². The number of nitrogens with two attached hydrogens (primary N) is 2. The number of allylic oxidation sites excluding steroid dienone is 2. The molecule has 52 heavy (non-hydrogen) atoms. The molecule has 0 aliphatic rings. The number of nitrogens with zero attached hydrogens (tertiary/aromatic N) is 2. The Labute approximate surface area is 319 Å². The molecule has 0 fully saturated rings. The van der Waals surface area contributed by atoms with Crippen molar-refractivity contribution in [3.8, 4) is 0 Å². The van der Waals surface area contributed by atoms with E-state index in [1.54, 1.807) is 0 Å². The van der Waals surface area contributed by atoms with Crippen LogP contribution in [0.3, 0.4) is 0 Å². The van der Waals surface area contributed by atoms with Gasteiger partial charge in [0.15, 0.2) is 0 Å². The first-order chi connectivity index (χ1) is 25.2. The van der Waals surface area contributed by atoms with Gasteiger partial charge in [0, 0.05) is 38.3 Å². The highest BCUT2D eigenvalue weighted by Crippen LogP contribution is 2.14. The van der Waals surface area contributed by atoms with E-state index in [9.17, 15) is 10.2 Å². The molecule has 6 unspecified atom stereocenters. The Hall–Kier alpha value is -2.32. The molecule has 2 rings (SSSR count). The fourth-order valence-corrected chi connectivity index (χ4v) is 6.89. The van der Waals surface area contributed by atoms with Gasteiger partial charge in [-0.25, -0.2) is 0 Å². The minimum absolute atomic E-state index is 0.315. The van der Waals surface area contributed by atoms with E-state index in [4.69, 9.17) is 11.5 Å². The minimum Gasteiger partial charge on any atom is -0.390 e. The van der Waals surface area contributed by atoms with Crippen molar-refractivity contribution in [2.75, 3.05) is 39.3 Å². The van der Waals surface area contributed by atoms with Gasteiger partial charge in [0.2, 0.25) is 0 Å². The predicted molar refractivity (Wildman–Crippen MR) is 224 cm³/mol. The quantitative estimate of drug-likeness (QED) is 0.0461. The lowest BCUT2D eigenvalue weighted by Gasteiger charge is -2.29. The second kappa shape index (κ2) is 29.1. The molecule has 0 saturated carbocycles. The van der Waals surface area contributed by atoms with Gasteiger partial charge in [-0.2, -0.15) is 0 Å². The lowest BCUT2D eigenvalue weighted by atomic mass is 10.0. The highest BCUT2D eigenvalue weighted by molar-refractivity contribution is 5.17. The molecular formula is C46H78N4O2. The lowest BCUT2D eigenvalue weighted by molar-refractivity contribution is 0.0889. The van der Waals surface area contributed by atoms with Gasteiger partial charge in [-0.3, -0.25) is 9.80 Å². The van der Waals surface area contributed by atoms with Crippen LogP contribution in [0.2, 0.25) is 0 Å². The number of hydrogen-bond donors (Lipinski definition) is 4. The van der Waals surface area contributed by atoms with E-state index in [0.29, 0.717) is 37.8 Å². The Morgan fingerprint density at radius 3 is 1.31 bits per heavy atom. The number of benzene rings is 2. The van der Waals surface area contributed by atoms with Crippen LogP contribution < -0.4 is 11.5 Å². The van der Waals surface area contributed by atoms with Crippen LogP contribution in [0.15, 0.2) is 85.0 Å². The summed E-state index contributed by atoms with van der Waals surface area (Å²) in [7, 11) is 0. The molecule has 2 aromatic rings. The van der Waals surface area contributed by atoms with E-state index >= 15 is 0 Å². The molecule has 0 aromatic heterocycles. The van der Waals surface area contributed by atoms with Gasteiger partial charge >= 0.3 is 0 Å². The largest absolute Gasteiger partial charge is 0.390 e. The summed E-state index contributed by atoms with van der Waals surface area (Å²) in [4.78, 5) is 4.73. The Kier molecular flexibility index (Phi) is 25.6. The van der Waals surface area contributed by atoms with Crippen LogP contribution in [0.25, 0.3) is 0 Å². The van der Waals surface area contributed by atoms with Crippen molar-refractivity contribution in [3.05, 3.63) is 96.1 Å². The fourth-order valence-electron chi connectivity index (χ4n) is 6.89. The molecule has 0 aliphatic carbocycles. The maximum Gasteiger partial charge on any atom is 0.0821 e. The first-order valence-electron chi connectivity index (χ1n) is 20.9. The van der Waals surface area contributed by atoms with Crippen LogP contribution in [-0.4, -0.2) is 83.6 Å². The molecule has 6 N–H and O–H groups in total. The molecule has 6 nitrogen and oxygen atoms in total. The molecule has 0 spiro atoms. The van der Waals surface area contributed by atoms with Gasteiger partial charge < -0.3 is 21.7 Å². The summed E-state index contributed by atoms with van der Waals surface area (Å²) in [5.41, 5.74) is 15.4. The van der Waals surface area contributed by atoms with E-state index in [-0.39, 0.29) is 12.1 Å². The van der Waals surface area contributed by atoms with Crippen molar-refractivity contribution in [2.24, 2.45) is 23.3 Å². The zero-order valence-electron chi connectivity index (χ0n) is 33.6. The van der Waals surface area contributed by atoms with Crippen molar-refractivity contribution in [1.82, 2.24) is 9.80 Å². The maximum atomic E-state index is 11.2. The van der Waals surface area contributed by atoms with Gasteiger partial charge in [-0.05, 0) is 74.6 Å². The van der Waals surface area contributed by atoms with E-state index < -0.39 is 12.2 Å². The van der Waals surface area contributed by atoms with Crippen LogP contribution in [0.1, 0.15) is 116 Å². The summed E-state index contributed by atoms with van der Waals surface area (Å²) in [5, 5.41) is 22.4. The molecule has 6 atom stereocenters. The Balaban J connectivity index is 2.00. The Morgan fingerprint density at radius 1 is 0.558 bits per heavy atom. The van der Waals surface area contributed by atoms with Crippen molar-refractivity contribution in [1.29, 1.82) is 0 Å². The fraction of sp³-hybridized carbons (Fsp3) is 0.652. The van der Waals surface area contributed by atoms with Gasteiger partial charge in [-0.15, -0.1) is 0 Å². The average molecular weight is 719 g/mol.